The number of nitrogens with two attached hydrogens (primary N) is 2. The zero-order chi connectivity index (χ0) is 21.3. The number of esters is 1. The Hall–Kier alpha value is -3.42. The third-order valence-corrected chi connectivity index (χ3v) is 5.66. The van der Waals surface area contributed by atoms with E-state index in [4.69, 9.17) is 11.5 Å². The highest BCUT2D eigenvalue weighted by Crippen LogP contribution is 2.40. The maximum atomic E-state index is 14.4. The predicted octanol–water partition coefficient (Wildman–Crippen LogP) is 3.39. The fourth-order valence-electron chi connectivity index (χ4n) is 4.29. The smallest absolute Gasteiger partial charge is 0.340 e. The van der Waals surface area contributed by atoms with Crippen LogP contribution in [0.15, 0.2) is 52.4 Å². The van der Waals surface area contributed by atoms with Gasteiger partial charge in [0.15, 0.2) is 0 Å². The van der Waals surface area contributed by atoms with Gasteiger partial charge in [0, 0.05) is 5.69 Å². The first-order valence-electron chi connectivity index (χ1n) is 9.91. The van der Waals surface area contributed by atoms with Gasteiger partial charge in [0.2, 0.25) is 11.9 Å². The van der Waals surface area contributed by atoms with E-state index in [2.05, 4.69) is 14.7 Å². The van der Waals surface area contributed by atoms with E-state index in [-0.39, 0.29) is 11.5 Å². The van der Waals surface area contributed by atoms with Gasteiger partial charge in [-0.05, 0) is 61.1 Å². The number of carbonyl (C=O) groups excluding carboxylic acids is 1. The molecule has 30 heavy (non-hydrogen) atoms. The van der Waals surface area contributed by atoms with Gasteiger partial charge in [-0.3, -0.25) is 4.90 Å². The van der Waals surface area contributed by atoms with Gasteiger partial charge in [-0.2, -0.15) is 4.99 Å². The number of hydrogen-bond donors (Lipinski definition) is 2. The van der Waals surface area contributed by atoms with E-state index in [1.807, 2.05) is 29.2 Å². The van der Waals surface area contributed by atoms with Gasteiger partial charge >= 0.3 is 5.97 Å². The fourth-order valence-corrected chi connectivity index (χ4v) is 4.29. The van der Waals surface area contributed by atoms with Crippen molar-refractivity contribution in [2.45, 2.75) is 37.8 Å². The number of benzene rings is 2. The number of guanidine groups is 2. The van der Waals surface area contributed by atoms with Crippen molar-refractivity contribution >= 4 is 23.6 Å². The quantitative estimate of drug-likeness (QED) is 0.756. The molecule has 2 aliphatic rings. The zero-order valence-corrected chi connectivity index (χ0v) is 16.8. The molecule has 0 radical (unpaired) electrons. The molecule has 0 aromatic heterocycles. The Morgan fingerprint density at radius 1 is 1.10 bits per heavy atom. The first-order valence-corrected chi connectivity index (χ1v) is 9.91. The van der Waals surface area contributed by atoms with E-state index in [9.17, 15) is 9.18 Å². The van der Waals surface area contributed by atoms with Crippen molar-refractivity contribution in [3.63, 3.8) is 0 Å². The third kappa shape index (κ3) is 3.49. The van der Waals surface area contributed by atoms with Crippen LogP contribution < -0.4 is 16.4 Å². The maximum absolute atomic E-state index is 14.4. The molecule has 0 bridgehead atoms. The molecule has 4 N–H and O–H groups in total. The Labute approximate surface area is 174 Å². The molecule has 8 heteroatoms. The molecule has 1 spiro atoms. The summed E-state index contributed by atoms with van der Waals surface area (Å²) >= 11 is 0. The van der Waals surface area contributed by atoms with E-state index in [0.29, 0.717) is 11.5 Å². The van der Waals surface area contributed by atoms with Gasteiger partial charge in [0.25, 0.3) is 0 Å². The van der Waals surface area contributed by atoms with Crippen LogP contribution >= 0.6 is 0 Å². The minimum Gasteiger partial charge on any atom is -0.465 e. The molecule has 1 aliphatic carbocycles. The van der Waals surface area contributed by atoms with Crippen LogP contribution in [0.3, 0.4) is 0 Å². The maximum Gasteiger partial charge on any atom is 0.340 e. The van der Waals surface area contributed by atoms with E-state index in [0.717, 1.165) is 43.4 Å². The second-order valence-corrected chi connectivity index (χ2v) is 7.56. The van der Waals surface area contributed by atoms with Gasteiger partial charge in [-0.15, -0.1) is 0 Å². The van der Waals surface area contributed by atoms with Crippen LogP contribution in [0.1, 0.15) is 42.5 Å². The van der Waals surface area contributed by atoms with E-state index < -0.39 is 17.4 Å². The first-order chi connectivity index (χ1) is 14.4. The van der Waals surface area contributed by atoms with Crippen LogP contribution in [0.4, 0.5) is 10.1 Å². The topological polar surface area (TPSA) is 106 Å². The molecule has 1 saturated carbocycles. The van der Waals surface area contributed by atoms with Crippen LogP contribution in [-0.4, -0.2) is 30.7 Å². The Bertz CT molecular complexity index is 1040. The molecule has 2 aromatic rings. The molecule has 7 nitrogen and oxygen atoms in total. The molecule has 0 unspecified atom stereocenters. The Morgan fingerprint density at radius 3 is 2.53 bits per heavy atom. The summed E-state index contributed by atoms with van der Waals surface area (Å²) in [5.74, 6) is -0.847. The van der Waals surface area contributed by atoms with Crippen LogP contribution in [0.2, 0.25) is 0 Å². The van der Waals surface area contributed by atoms with Gasteiger partial charge in [0.1, 0.15) is 11.5 Å². The molecule has 1 heterocycles. The second-order valence-electron chi connectivity index (χ2n) is 7.56. The molecule has 2 aromatic carbocycles. The summed E-state index contributed by atoms with van der Waals surface area (Å²) in [5.41, 5.74) is 13.8. The lowest BCUT2D eigenvalue weighted by atomic mass is 9.87. The fraction of sp³-hybridized carbons (Fsp3) is 0.318. The van der Waals surface area contributed by atoms with E-state index >= 15 is 0 Å². The summed E-state index contributed by atoms with van der Waals surface area (Å²) in [6, 6.07) is 12.0. The van der Waals surface area contributed by atoms with Gasteiger partial charge in [-0.1, -0.05) is 24.6 Å². The lowest BCUT2D eigenvalue weighted by Crippen LogP contribution is -2.58. The summed E-state index contributed by atoms with van der Waals surface area (Å²) in [6.45, 7) is 0. The molecular formula is C22H24FN5O2. The number of rotatable bonds is 3. The molecule has 0 amide bonds. The third-order valence-electron chi connectivity index (χ3n) is 5.66. The molecule has 1 aliphatic heterocycles. The Balaban J connectivity index is 1.74. The standard InChI is InChI=1S/C22H24FN5O2/c1-30-19(29)17-9-8-15(13-18(17)23)14-6-5-7-16(12-14)28-21(25)26-20(24)27-22(28)10-3-2-4-11-22/h5-9,12-13H,2-4,10-11H2,1H3,(H4,24,25,26,27). The molecule has 156 valence electrons. The lowest BCUT2D eigenvalue weighted by molar-refractivity contribution is 0.0595. The lowest BCUT2D eigenvalue weighted by Gasteiger charge is -2.45. The van der Waals surface area contributed by atoms with E-state index in [1.54, 1.807) is 6.07 Å². The predicted molar refractivity (Wildman–Crippen MR) is 115 cm³/mol. The molecule has 1 fully saturated rings. The van der Waals surface area contributed by atoms with E-state index in [1.165, 1.54) is 19.2 Å². The zero-order valence-electron chi connectivity index (χ0n) is 16.8. The Kier molecular flexibility index (Phi) is 5.15. The second kappa shape index (κ2) is 7.78. The van der Waals surface area contributed by atoms with Gasteiger partial charge < -0.3 is 16.2 Å². The minimum atomic E-state index is -0.709. The average Bonchev–Trinajstić information content (AvgIpc) is 2.73. The molecular weight excluding hydrogens is 385 g/mol. The van der Waals surface area contributed by atoms with Crippen molar-refractivity contribution < 1.29 is 13.9 Å². The molecule has 0 saturated heterocycles. The number of nitrogens with zero attached hydrogens (tertiary/aromatic N) is 3. The average molecular weight is 409 g/mol. The van der Waals surface area contributed by atoms with Gasteiger partial charge in [-0.25, -0.2) is 14.2 Å². The number of methoxy groups -OCH3 is 1. The number of halogens is 1. The SMILES string of the molecule is COC(=O)c1ccc(-c2cccc(N3C(N)=NC(N)=NC34CCCCC4)c2)cc1F. The number of aliphatic imine (C=N–C) groups is 2. The number of anilines is 1. The largest absolute Gasteiger partial charge is 0.465 e. The van der Waals surface area contributed by atoms with Crippen LogP contribution in [0.25, 0.3) is 11.1 Å². The summed E-state index contributed by atoms with van der Waals surface area (Å²) in [5, 5.41) is 0. The monoisotopic (exact) mass is 409 g/mol. The van der Waals surface area contributed by atoms with Crippen molar-refractivity contribution in [1.82, 2.24) is 0 Å². The highest BCUT2D eigenvalue weighted by molar-refractivity contribution is 6.05. The summed E-state index contributed by atoms with van der Waals surface area (Å²) in [6.07, 6.45) is 4.86. The Morgan fingerprint density at radius 2 is 1.83 bits per heavy atom. The molecule has 0 atom stereocenters. The highest BCUT2D eigenvalue weighted by atomic mass is 19.1. The van der Waals surface area contributed by atoms with Crippen molar-refractivity contribution in [1.29, 1.82) is 0 Å². The normalized spacial score (nSPS) is 18.0. The summed E-state index contributed by atoms with van der Waals surface area (Å²) in [7, 11) is 1.22. The van der Waals surface area contributed by atoms with Crippen molar-refractivity contribution in [2.75, 3.05) is 12.0 Å². The van der Waals surface area contributed by atoms with Crippen molar-refractivity contribution in [2.24, 2.45) is 21.5 Å². The minimum absolute atomic E-state index is 0.101. The molecule has 4 rings (SSSR count). The van der Waals surface area contributed by atoms with Crippen LogP contribution in [-0.2, 0) is 4.74 Å². The summed E-state index contributed by atoms with van der Waals surface area (Å²) < 4.78 is 19.0. The first kappa shape index (κ1) is 19.9. The van der Waals surface area contributed by atoms with Crippen LogP contribution in [0.5, 0.6) is 0 Å². The summed E-state index contributed by atoms with van der Waals surface area (Å²) in [4.78, 5) is 22.5. The highest BCUT2D eigenvalue weighted by Gasteiger charge is 2.42. The number of carbonyl (C=O) groups is 1. The van der Waals surface area contributed by atoms with Gasteiger partial charge in [0.05, 0.1) is 12.7 Å². The number of hydrogen-bond acceptors (Lipinski definition) is 7. The number of ether oxygens (including phenoxy) is 1. The van der Waals surface area contributed by atoms with Crippen molar-refractivity contribution in [3.8, 4) is 11.1 Å². The van der Waals surface area contributed by atoms with Crippen LogP contribution in [0, 0.1) is 5.82 Å². The van der Waals surface area contributed by atoms with Crippen molar-refractivity contribution in [3.05, 3.63) is 53.8 Å².